The van der Waals surface area contributed by atoms with Crippen molar-refractivity contribution >= 4 is 23.3 Å². The number of fused-ring (bicyclic) bond motifs is 3. The first-order valence-corrected chi connectivity index (χ1v) is 13.4. The van der Waals surface area contributed by atoms with Gasteiger partial charge < -0.3 is 19.4 Å². The van der Waals surface area contributed by atoms with Crippen molar-refractivity contribution in [1.82, 2.24) is 19.6 Å². The lowest BCUT2D eigenvalue weighted by Crippen LogP contribution is -2.46. The maximum absolute atomic E-state index is 14.2. The van der Waals surface area contributed by atoms with Gasteiger partial charge >= 0.3 is 12.2 Å². The van der Waals surface area contributed by atoms with Gasteiger partial charge in [-0.15, -0.1) is 0 Å². The van der Waals surface area contributed by atoms with E-state index in [1.54, 1.807) is 18.0 Å². The largest absolute Gasteiger partial charge is 0.416 e. The number of anilines is 2. The summed E-state index contributed by atoms with van der Waals surface area (Å²) in [6, 6.07) is 4.83. The summed E-state index contributed by atoms with van der Waals surface area (Å²) < 4.78 is 49.4. The van der Waals surface area contributed by atoms with E-state index in [0.29, 0.717) is 56.3 Å². The number of aromatic nitrogens is 2. The van der Waals surface area contributed by atoms with E-state index in [1.807, 2.05) is 6.07 Å². The number of nitrogens with zero attached hydrogens (tertiary/aromatic N) is 6. The van der Waals surface area contributed by atoms with E-state index in [2.05, 4.69) is 14.9 Å². The summed E-state index contributed by atoms with van der Waals surface area (Å²) in [4.78, 5) is 31.9. The van der Waals surface area contributed by atoms with Gasteiger partial charge in [-0.3, -0.25) is 9.69 Å². The summed E-state index contributed by atoms with van der Waals surface area (Å²) in [5.41, 5.74) is 0.892. The van der Waals surface area contributed by atoms with Crippen LogP contribution in [0.5, 0.6) is 0 Å². The number of alkyl halides is 3. The fraction of sp³-hybridized carbons (Fsp3) is 0.593. The number of amides is 2. The minimum atomic E-state index is -4.44. The molecule has 2 aromatic rings. The van der Waals surface area contributed by atoms with Crippen LogP contribution in [0.25, 0.3) is 0 Å². The van der Waals surface area contributed by atoms with Crippen molar-refractivity contribution < 1.29 is 27.5 Å². The molecule has 12 heteroatoms. The molecular formula is C27H33F3N6O3. The van der Waals surface area contributed by atoms with Crippen molar-refractivity contribution in [2.24, 2.45) is 11.8 Å². The third-order valence-electron chi connectivity index (χ3n) is 8.79. The van der Waals surface area contributed by atoms with Gasteiger partial charge in [-0.25, -0.2) is 4.79 Å². The third-order valence-corrected chi connectivity index (χ3v) is 8.79. The van der Waals surface area contributed by atoms with Crippen LogP contribution in [0.15, 0.2) is 30.6 Å². The number of hydrogen-bond donors (Lipinski definition) is 0. The highest BCUT2D eigenvalue weighted by molar-refractivity contribution is 5.91. The van der Waals surface area contributed by atoms with Gasteiger partial charge in [0.25, 0.3) is 0 Å². The Morgan fingerprint density at radius 1 is 1.08 bits per heavy atom. The minimum Gasteiger partial charge on any atom is -0.377 e. The summed E-state index contributed by atoms with van der Waals surface area (Å²) in [6.45, 7) is 5.12. The van der Waals surface area contributed by atoms with Crippen molar-refractivity contribution in [2.45, 2.75) is 44.6 Å². The molecule has 210 valence electrons. The fourth-order valence-electron chi connectivity index (χ4n) is 6.71. The second-order valence-electron chi connectivity index (χ2n) is 11.3. The van der Waals surface area contributed by atoms with E-state index < -0.39 is 11.7 Å². The number of rotatable bonds is 4. The van der Waals surface area contributed by atoms with Crippen LogP contribution in [0.3, 0.4) is 0 Å². The molecule has 1 aromatic carbocycles. The van der Waals surface area contributed by atoms with E-state index in [1.165, 1.54) is 35.0 Å². The Morgan fingerprint density at radius 3 is 2.36 bits per heavy atom. The lowest BCUT2D eigenvalue weighted by Gasteiger charge is -2.37. The van der Waals surface area contributed by atoms with Crippen molar-refractivity contribution in [3.8, 4) is 0 Å². The van der Waals surface area contributed by atoms with E-state index in [0.717, 1.165) is 12.8 Å². The summed E-state index contributed by atoms with van der Waals surface area (Å²) in [7, 11) is 1.62. The molecule has 39 heavy (non-hydrogen) atoms. The van der Waals surface area contributed by atoms with Crippen LogP contribution >= 0.6 is 0 Å². The number of carbonyl (C=O) groups is 2. The smallest absolute Gasteiger partial charge is 0.377 e. The first-order valence-electron chi connectivity index (χ1n) is 13.4. The number of morpholine rings is 1. The molecule has 0 aliphatic carbocycles. The third kappa shape index (κ3) is 4.88. The molecule has 0 spiro atoms. The SMILES string of the molecule is CC(=O)N(C)c1cnn(C(=O)N2CC3CN(Cc4ccc(N5C6CCC5COC6)cc4C(F)(F)F)CC3C2)c1. The molecule has 4 fully saturated rings. The van der Waals surface area contributed by atoms with E-state index >= 15 is 0 Å². The second-order valence-corrected chi connectivity index (χ2v) is 11.3. The molecule has 9 nitrogen and oxygen atoms in total. The Morgan fingerprint density at radius 2 is 1.74 bits per heavy atom. The van der Waals surface area contributed by atoms with E-state index in [-0.39, 0.29) is 42.4 Å². The summed E-state index contributed by atoms with van der Waals surface area (Å²) in [5.74, 6) is 0.234. The Hall–Kier alpha value is -3.12. The van der Waals surface area contributed by atoms with Crippen LogP contribution in [0, 0.1) is 11.8 Å². The zero-order valence-corrected chi connectivity index (χ0v) is 22.1. The zero-order chi connectivity index (χ0) is 27.5. The zero-order valence-electron chi connectivity index (χ0n) is 22.1. The standard InChI is InChI=1S/C27H33F3N6O3/c1-17(37)32(2)24-8-31-35(14-24)26(38)34-12-19-10-33(11-20(19)13-34)9-18-3-4-21(7-25(18)27(28,29)30)36-22-5-6-23(36)16-39-15-22/h3-4,7-8,14,19-20,22-23H,5-6,9-13,15-16H2,1-2H3. The number of halogens is 3. The van der Waals surface area contributed by atoms with Gasteiger partial charge in [-0.1, -0.05) is 6.07 Å². The molecule has 6 rings (SSSR count). The number of benzene rings is 1. The Balaban J connectivity index is 1.11. The maximum Gasteiger partial charge on any atom is 0.416 e. The van der Waals surface area contributed by atoms with Gasteiger partial charge in [0.05, 0.1) is 48.9 Å². The number of likely N-dealkylation sites (tertiary alicyclic amines) is 2. The number of hydrogen-bond acceptors (Lipinski definition) is 6. The molecule has 2 amide bonds. The molecule has 4 aliphatic heterocycles. The first-order chi connectivity index (χ1) is 18.6. The van der Waals surface area contributed by atoms with Gasteiger partial charge in [0.2, 0.25) is 5.91 Å². The van der Waals surface area contributed by atoms with Gasteiger partial charge in [-0.2, -0.15) is 23.0 Å². The summed E-state index contributed by atoms with van der Waals surface area (Å²) in [5, 5.41) is 4.12. The van der Waals surface area contributed by atoms with Crippen LogP contribution in [0.1, 0.15) is 30.9 Å². The number of carbonyl (C=O) groups excluding carboxylic acids is 2. The second kappa shape index (κ2) is 9.81. The Labute approximate surface area is 225 Å². The van der Waals surface area contributed by atoms with E-state index in [4.69, 9.17) is 4.74 Å². The van der Waals surface area contributed by atoms with Gasteiger partial charge in [-0.05, 0) is 42.4 Å². The summed E-state index contributed by atoms with van der Waals surface area (Å²) in [6.07, 6.45) is 0.469. The van der Waals surface area contributed by atoms with Gasteiger partial charge in [0, 0.05) is 52.4 Å². The molecule has 0 radical (unpaired) electrons. The molecule has 4 saturated heterocycles. The molecule has 0 N–H and O–H groups in total. The molecule has 4 aliphatic rings. The highest BCUT2D eigenvalue weighted by Crippen LogP contribution is 2.40. The monoisotopic (exact) mass is 546 g/mol. The van der Waals surface area contributed by atoms with Crippen LogP contribution < -0.4 is 9.80 Å². The molecule has 4 unspecified atom stereocenters. The maximum atomic E-state index is 14.2. The average molecular weight is 547 g/mol. The first kappa shape index (κ1) is 26.1. The number of ether oxygens (including phenoxy) is 1. The van der Waals surface area contributed by atoms with Crippen LogP contribution in [0.4, 0.5) is 29.3 Å². The van der Waals surface area contributed by atoms with E-state index in [9.17, 15) is 22.8 Å². The predicted octanol–water partition coefficient (Wildman–Crippen LogP) is 3.28. The Bertz CT molecular complexity index is 1240. The fourth-order valence-corrected chi connectivity index (χ4v) is 6.71. The van der Waals surface area contributed by atoms with Crippen LogP contribution in [0.2, 0.25) is 0 Å². The summed E-state index contributed by atoms with van der Waals surface area (Å²) >= 11 is 0. The predicted molar refractivity (Wildman–Crippen MR) is 137 cm³/mol. The minimum absolute atomic E-state index is 0.141. The molecule has 5 heterocycles. The quantitative estimate of drug-likeness (QED) is 0.586. The average Bonchev–Trinajstić information content (AvgIpc) is 3.65. The molecule has 0 saturated carbocycles. The molecular weight excluding hydrogens is 513 g/mol. The topological polar surface area (TPSA) is 74.2 Å². The lowest BCUT2D eigenvalue weighted by molar-refractivity contribution is -0.138. The van der Waals surface area contributed by atoms with Crippen molar-refractivity contribution in [3.05, 3.63) is 41.7 Å². The van der Waals surface area contributed by atoms with Gasteiger partial charge in [0.15, 0.2) is 0 Å². The van der Waals surface area contributed by atoms with Crippen LogP contribution in [-0.2, 0) is 22.3 Å². The molecule has 2 bridgehead atoms. The van der Waals surface area contributed by atoms with Crippen LogP contribution in [-0.4, -0.2) is 90.0 Å². The van der Waals surface area contributed by atoms with Crippen molar-refractivity contribution in [1.29, 1.82) is 0 Å². The highest BCUT2D eigenvalue weighted by atomic mass is 19.4. The molecule has 4 atom stereocenters. The molecule has 1 aromatic heterocycles. The Kier molecular flexibility index (Phi) is 6.57. The lowest BCUT2D eigenvalue weighted by atomic mass is 10.0. The normalized spacial score (nSPS) is 26.8. The highest BCUT2D eigenvalue weighted by Gasteiger charge is 2.44. The van der Waals surface area contributed by atoms with Crippen molar-refractivity contribution in [3.63, 3.8) is 0 Å². The van der Waals surface area contributed by atoms with Crippen molar-refractivity contribution in [2.75, 3.05) is 56.2 Å². The van der Waals surface area contributed by atoms with Gasteiger partial charge in [0.1, 0.15) is 0 Å².